The fourth-order valence-corrected chi connectivity index (χ4v) is 2.47. The molecule has 0 saturated carbocycles. The number of hydrogen-bond acceptors (Lipinski definition) is 4. The van der Waals surface area contributed by atoms with Gasteiger partial charge < -0.3 is 9.47 Å². The Bertz CT molecular complexity index is 921. The standard InChI is InChI=1S/C22H17FO4/c23-20-9-5-4-8-19(20)21(24)14-27-22(25)15-26-18-12-10-17(11-13-18)16-6-2-1-3-7-16/h1-13H,14-15H2. The highest BCUT2D eigenvalue weighted by Crippen LogP contribution is 2.22. The van der Waals surface area contributed by atoms with Crippen LogP contribution in [0.5, 0.6) is 5.75 Å². The zero-order valence-corrected chi connectivity index (χ0v) is 14.4. The molecule has 0 heterocycles. The number of esters is 1. The maximum absolute atomic E-state index is 13.5. The van der Waals surface area contributed by atoms with Crippen LogP contribution in [0, 0.1) is 5.82 Å². The predicted molar refractivity (Wildman–Crippen MR) is 99.1 cm³/mol. The maximum atomic E-state index is 13.5. The number of carbonyl (C=O) groups excluding carboxylic acids is 2. The van der Waals surface area contributed by atoms with Crippen molar-refractivity contribution in [2.45, 2.75) is 0 Å². The van der Waals surface area contributed by atoms with Gasteiger partial charge in [-0.05, 0) is 35.4 Å². The first-order chi connectivity index (χ1) is 13.1. The molecule has 0 radical (unpaired) electrons. The van der Waals surface area contributed by atoms with Gasteiger partial charge in [0.2, 0.25) is 5.78 Å². The molecular weight excluding hydrogens is 347 g/mol. The van der Waals surface area contributed by atoms with Crippen LogP contribution in [0.2, 0.25) is 0 Å². The molecule has 0 amide bonds. The lowest BCUT2D eigenvalue weighted by atomic mass is 10.1. The van der Waals surface area contributed by atoms with Gasteiger partial charge in [-0.1, -0.05) is 54.6 Å². The summed E-state index contributed by atoms with van der Waals surface area (Å²) in [6, 6.07) is 22.7. The van der Waals surface area contributed by atoms with E-state index in [1.54, 1.807) is 18.2 Å². The maximum Gasteiger partial charge on any atom is 0.344 e. The normalized spacial score (nSPS) is 10.3. The molecule has 3 aromatic rings. The van der Waals surface area contributed by atoms with Gasteiger partial charge in [0, 0.05) is 0 Å². The lowest BCUT2D eigenvalue weighted by Crippen LogP contribution is -2.20. The van der Waals surface area contributed by atoms with Crippen LogP contribution in [0.4, 0.5) is 4.39 Å². The molecule has 27 heavy (non-hydrogen) atoms. The fraction of sp³-hybridized carbons (Fsp3) is 0.0909. The average molecular weight is 364 g/mol. The predicted octanol–water partition coefficient (Wildman–Crippen LogP) is 4.30. The summed E-state index contributed by atoms with van der Waals surface area (Å²) in [7, 11) is 0. The Balaban J connectivity index is 1.48. The molecule has 0 aliphatic heterocycles. The first-order valence-corrected chi connectivity index (χ1v) is 8.35. The van der Waals surface area contributed by atoms with Crippen LogP contribution in [0.25, 0.3) is 11.1 Å². The van der Waals surface area contributed by atoms with E-state index in [0.717, 1.165) is 11.1 Å². The lowest BCUT2D eigenvalue weighted by Gasteiger charge is -2.08. The van der Waals surface area contributed by atoms with Gasteiger partial charge in [-0.25, -0.2) is 9.18 Å². The SMILES string of the molecule is O=C(COc1ccc(-c2ccccc2)cc1)OCC(=O)c1ccccc1F. The molecular formula is C22H17FO4. The van der Waals surface area contributed by atoms with Gasteiger partial charge in [0.25, 0.3) is 0 Å². The molecule has 4 nitrogen and oxygen atoms in total. The summed E-state index contributed by atoms with van der Waals surface area (Å²) in [6.07, 6.45) is 0. The van der Waals surface area contributed by atoms with E-state index in [0.29, 0.717) is 5.75 Å². The Morgan fingerprint density at radius 3 is 2.07 bits per heavy atom. The zero-order chi connectivity index (χ0) is 19.1. The molecule has 0 N–H and O–H groups in total. The summed E-state index contributed by atoms with van der Waals surface area (Å²) in [5.74, 6) is -1.44. The Kier molecular flexibility index (Phi) is 5.94. The van der Waals surface area contributed by atoms with E-state index in [9.17, 15) is 14.0 Å². The molecule has 0 bridgehead atoms. The first-order valence-electron chi connectivity index (χ1n) is 8.35. The number of Topliss-reactive ketones (excluding diaryl/α,β-unsaturated/α-hetero) is 1. The summed E-state index contributed by atoms with van der Waals surface area (Å²) >= 11 is 0. The number of rotatable bonds is 7. The number of hydrogen-bond donors (Lipinski definition) is 0. The summed E-state index contributed by atoms with van der Waals surface area (Å²) in [6.45, 7) is -0.870. The van der Waals surface area contributed by atoms with Crippen LogP contribution in [0.3, 0.4) is 0 Å². The van der Waals surface area contributed by atoms with E-state index in [-0.39, 0.29) is 12.2 Å². The molecule has 136 valence electrons. The van der Waals surface area contributed by atoms with E-state index in [2.05, 4.69) is 0 Å². The molecule has 3 rings (SSSR count). The van der Waals surface area contributed by atoms with Gasteiger partial charge in [-0.2, -0.15) is 0 Å². The lowest BCUT2D eigenvalue weighted by molar-refractivity contribution is -0.144. The number of ketones is 1. The monoisotopic (exact) mass is 364 g/mol. The van der Waals surface area contributed by atoms with Crippen molar-refractivity contribution in [3.63, 3.8) is 0 Å². The molecule has 0 aromatic heterocycles. The van der Waals surface area contributed by atoms with Crippen LogP contribution in [0.15, 0.2) is 78.9 Å². The van der Waals surface area contributed by atoms with Crippen molar-refractivity contribution in [2.24, 2.45) is 0 Å². The molecule has 5 heteroatoms. The Hall–Kier alpha value is -3.47. The minimum absolute atomic E-state index is 0.109. The zero-order valence-electron chi connectivity index (χ0n) is 14.4. The second kappa shape index (κ2) is 8.76. The Morgan fingerprint density at radius 2 is 1.37 bits per heavy atom. The highest BCUT2D eigenvalue weighted by molar-refractivity contribution is 5.98. The van der Waals surface area contributed by atoms with Crippen molar-refractivity contribution in [1.82, 2.24) is 0 Å². The van der Waals surface area contributed by atoms with Gasteiger partial charge in [-0.15, -0.1) is 0 Å². The third-order valence-corrected chi connectivity index (χ3v) is 3.86. The summed E-state index contributed by atoms with van der Waals surface area (Å²) in [5.41, 5.74) is 2.00. The topological polar surface area (TPSA) is 52.6 Å². The van der Waals surface area contributed by atoms with Crippen LogP contribution in [-0.2, 0) is 9.53 Å². The first kappa shape index (κ1) is 18.3. The van der Waals surface area contributed by atoms with Gasteiger partial charge in [0.1, 0.15) is 11.6 Å². The van der Waals surface area contributed by atoms with Crippen molar-refractivity contribution in [3.05, 3.63) is 90.2 Å². The van der Waals surface area contributed by atoms with Crippen molar-refractivity contribution < 1.29 is 23.5 Å². The van der Waals surface area contributed by atoms with Crippen LogP contribution in [0.1, 0.15) is 10.4 Å². The third kappa shape index (κ3) is 5.01. The number of halogens is 1. The number of benzene rings is 3. The van der Waals surface area contributed by atoms with Gasteiger partial charge in [0.15, 0.2) is 13.2 Å². The molecule has 0 fully saturated rings. The van der Waals surface area contributed by atoms with E-state index in [4.69, 9.17) is 9.47 Å². The van der Waals surface area contributed by atoms with Gasteiger partial charge >= 0.3 is 5.97 Å². The Labute approximate surface area is 156 Å². The third-order valence-electron chi connectivity index (χ3n) is 3.86. The van der Waals surface area contributed by atoms with Crippen molar-refractivity contribution in [1.29, 1.82) is 0 Å². The van der Waals surface area contributed by atoms with Crippen LogP contribution < -0.4 is 4.74 Å². The molecule has 0 atom stereocenters. The van der Waals surface area contributed by atoms with E-state index in [1.807, 2.05) is 42.5 Å². The average Bonchev–Trinajstić information content (AvgIpc) is 2.72. The van der Waals surface area contributed by atoms with E-state index >= 15 is 0 Å². The number of carbonyl (C=O) groups is 2. The number of ether oxygens (including phenoxy) is 2. The molecule has 0 spiro atoms. The van der Waals surface area contributed by atoms with E-state index in [1.165, 1.54) is 18.2 Å². The smallest absolute Gasteiger partial charge is 0.344 e. The molecule has 0 aliphatic carbocycles. The van der Waals surface area contributed by atoms with Crippen molar-refractivity contribution in [2.75, 3.05) is 13.2 Å². The van der Waals surface area contributed by atoms with Crippen LogP contribution in [-0.4, -0.2) is 25.0 Å². The quantitative estimate of drug-likeness (QED) is 0.463. The van der Waals surface area contributed by atoms with Crippen molar-refractivity contribution >= 4 is 11.8 Å². The second-order valence-electron chi connectivity index (χ2n) is 5.74. The molecule has 0 aliphatic rings. The van der Waals surface area contributed by atoms with Gasteiger partial charge in [-0.3, -0.25) is 4.79 Å². The molecule has 0 unspecified atom stereocenters. The van der Waals surface area contributed by atoms with Crippen LogP contribution >= 0.6 is 0 Å². The fourth-order valence-electron chi connectivity index (χ4n) is 2.47. The largest absolute Gasteiger partial charge is 0.482 e. The Morgan fingerprint density at radius 1 is 0.741 bits per heavy atom. The summed E-state index contributed by atoms with van der Waals surface area (Å²) in [4.78, 5) is 23.6. The highest BCUT2D eigenvalue weighted by Gasteiger charge is 2.14. The highest BCUT2D eigenvalue weighted by atomic mass is 19.1. The molecule has 3 aromatic carbocycles. The second-order valence-corrected chi connectivity index (χ2v) is 5.74. The van der Waals surface area contributed by atoms with Gasteiger partial charge in [0.05, 0.1) is 5.56 Å². The van der Waals surface area contributed by atoms with E-state index < -0.39 is 24.2 Å². The summed E-state index contributed by atoms with van der Waals surface area (Å²) < 4.78 is 23.7. The van der Waals surface area contributed by atoms with Crippen molar-refractivity contribution in [3.8, 4) is 16.9 Å². The summed E-state index contributed by atoms with van der Waals surface area (Å²) in [5, 5.41) is 0. The molecule has 0 saturated heterocycles. The minimum Gasteiger partial charge on any atom is -0.482 e. The minimum atomic E-state index is -0.702.